The lowest BCUT2D eigenvalue weighted by molar-refractivity contribution is -0.140. The molecule has 0 aromatic heterocycles. The highest BCUT2D eigenvalue weighted by Crippen LogP contribution is 2.03. The Labute approximate surface area is 101 Å². The van der Waals surface area contributed by atoms with Crippen molar-refractivity contribution in [1.29, 1.82) is 0 Å². The number of aliphatic carboxylic acids is 1. The van der Waals surface area contributed by atoms with E-state index in [0.29, 0.717) is 12.8 Å². The first-order valence-electron chi connectivity index (χ1n) is 5.75. The summed E-state index contributed by atoms with van der Waals surface area (Å²) in [6.45, 7) is 3.95. The molecule has 0 fully saturated rings. The summed E-state index contributed by atoms with van der Waals surface area (Å²) in [7, 11) is 0. The number of carboxylic acid groups (broad SMARTS) is 1. The van der Waals surface area contributed by atoms with Crippen LogP contribution in [-0.2, 0) is 9.59 Å². The van der Waals surface area contributed by atoms with E-state index in [0.717, 1.165) is 19.3 Å². The van der Waals surface area contributed by atoms with E-state index in [4.69, 9.17) is 5.11 Å². The molecule has 0 bridgehead atoms. The van der Waals surface area contributed by atoms with E-state index in [2.05, 4.69) is 17.6 Å². The number of unbranched alkanes of at least 4 members (excludes halogenated alkanes) is 2. The van der Waals surface area contributed by atoms with Crippen LogP contribution in [0.4, 0.5) is 0 Å². The van der Waals surface area contributed by atoms with E-state index >= 15 is 0 Å². The van der Waals surface area contributed by atoms with E-state index in [1.54, 1.807) is 0 Å². The molecular formula is C11H21N2O4. The number of carbonyl (C=O) groups excluding carboxylic acids is 1. The Morgan fingerprint density at radius 1 is 1.35 bits per heavy atom. The van der Waals surface area contributed by atoms with Gasteiger partial charge in [0.05, 0.1) is 0 Å². The molecule has 6 nitrogen and oxygen atoms in total. The molecule has 0 spiro atoms. The van der Waals surface area contributed by atoms with Crippen molar-refractivity contribution in [3.63, 3.8) is 0 Å². The van der Waals surface area contributed by atoms with Crippen LogP contribution in [0.25, 0.3) is 0 Å². The Morgan fingerprint density at radius 2 is 2.06 bits per heavy atom. The summed E-state index contributed by atoms with van der Waals surface area (Å²) < 4.78 is 0. The molecule has 17 heavy (non-hydrogen) atoms. The third kappa shape index (κ3) is 8.65. The van der Waals surface area contributed by atoms with Crippen LogP contribution in [0.15, 0.2) is 0 Å². The van der Waals surface area contributed by atoms with Gasteiger partial charge in [0, 0.05) is 6.54 Å². The van der Waals surface area contributed by atoms with E-state index in [1.807, 2.05) is 0 Å². The van der Waals surface area contributed by atoms with Crippen LogP contribution in [0.1, 0.15) is 32.1 Å². The van der Waals surface area contributed by atoms with Crippen molar-refractivity contribution in [3.05, 3.63) is 6.92 Å². The summed E-state index contributed by atoms with van der Waals surface area (Å²) in [6, 6.07) is -0.850. The van der Waals surface area contributed by atoms with Crippen molar-refractivity contribution in [2.24, 2.45) is 0 Å². The van der Waals surface area contributed by atoms with Crippen molar-refractivity contribution < 1.29 is 19.8 Å². The molecule has 1 amide bonds. The first-order chi connectivity index (χ1) is 8.11. The Morgan fingerprint density at radius 3 is 2.59 bits per heavy atom. The van der Waals surface area contributed by atoms with Crippen molar-refractivity contribution >= 4 is 12.4 Å². The van der Waals surface area contributed by atoms with E-state index < -0.39 is 18.2 Å². The summed E-state index contributed by atoms with van der Waals surface area (Å²) in [5.74, 6) is -1.03. The Kier molecular flexibility index (Phi) is 9.37. The van der Waals surface area contributed by atoms with E-state index in [9.17, 15) is 14.7 Å². The molecule has 0 saturated heterocycles. The van der Waals surface area contributed by atoms with Crippen LogP contribution in [0.3, 0.4) is 0 Å². The van der Waals surface area contributed by atoms with Crippen LogP contribution in [-0.4, -0.2) is 41.4 Å². The smallest absolute Gasteiger partial charge is 0.320 e. The van der Waals surface area contributed by atoms with Crippen LogP contribution in [0, 0.1) is 6.92 Å². The molecule has 0 saturated carbocycles. The number of aliphatic hydroxyl groups is 1. The third-order valence-corrected chi connectivity index (χ3v) is 2.33. The molecule has 1 radical (unpaired) electrons. The quantitative estimate of drug-likeness (QED) is 0.231. The molecule has 0 aromatic carbocycles. The molecule has 99 valence electrons. The minimum atomic E-state index is -1.03. The standard InChI is InChI=1S/C11H21N2O4/c1-2-3-4-5-10(15)13-9(11(16)17)6-7-12-8-14/h8-10,13,15H,1-7H2,(H,12,14)(H,16,17). The van der Waals surface area contributed by atoms with E-state index in [1.165, 1.54) is 0 Å². The predicted octanol–water partition coefficient (Wildman–Crippen LogP) is -0.122. The fourth-order valence-corrected chi connectivity index (χ4v) is 1.39. The molecule has 6 heteroatoms. The number of nitrogens with one attached hydrogen (secondary N) is 2. The molecule has 4 N–H and O–H groups in total. The van der Waals surface area contributed by atoms with Crippen molar-refractivity contribution in [2.75, 3.05) is 6.54 Å². The number of carboxylic acids is 1. The lowest BCUT2D eigenvalue weighted by atomic mass is 10.1. The Hall–Kier alpha value is -1.14. The second-order valence-electron chi connectivity index (χ2n) is 3.78. The predicted molar refractivity (Wildman–Crippen MR) is 63.1 cm³/mol. The molecule has 2 unspecified atom stereocenters. The number of amides is 1. The molecule has 0 aliphatic carbocycles. The maximum Gasteiger partial charge on any atom is 0.320 e. The number of aliphatic hydroxyl groups excluding tert-OH is 1. The number of rotatable bonds is 11. The van der Waals surface area contributed by atoms with Gasteiger partial charge in [0.25, 0.3) is 0 Å². The zero-order chi connectivity index (χ0) is 13.1. The van der Waals surface area contributed by atoms with Crippen LogP contribution < -0.4 is 10.6 Å². The normalized spacial score (nSPS) is 14.0. The van der Waals surface area contributed by atoms with Gasteiger partial charge in [-0.3, -0.25) is 14.9 Å². The maximum atomic E-state index is 10.9. The highest BCUT2D eigenvalue weighted by Gasteiger charge is 2.19. The van der Waals surface area contributed by atoms with Gasteiger partial charge < -0.3 is 15.5 Å². The van der Waals surface area contributed by atoms with Gasteiger partial charge in [-0.25, -0.2) is 0 Å². The highest BCUT2D eigenvalue weighted by molar-refractivity contribution is 5.73. The number of hydrogen-bond donors (Lipinski definition) is 4. The van der Waals surface area contributed by atoms with Gasteiger partial charge in [-0.1, -0.05) is 19.8 Å². The third-order valence-electron chi connectivity index (χ3n) is 2.33. The summed E-state index contributed by atoms with van der Waals surface area (Å²) in [5, 5.41) is 23.5. The molecule has 0 heterocycles. The van der Waals surface area contributed by atoms with Gasteiger partial charge in [0.2, 0.25) is 6.41 Å². The van der Waals surface area contributed by atoms with Crippen LogP contribution in [0.5, 0.6) is 0 Å². The molecule has 0 aromatic rings. The first-order valence-corrected chi connectivity index (χ1v) is 5.75. The number of carbonyl (C=O) groups is 2. The first kappa shape index (κ1) is 15.9. The largest absolute Gasteiger partial charge is 0.480 e. The summed E-state index contributed by atoms with van der Waals surface area (Å²) in [4.78, 5) is 20.9. The average molecular weight is 245 g/mol. The minimum Gasteiger partial charge on any atom is -0.480 e. The van der Waals surface area contributed by atoms with Crippen LogP contribution >= 0.6 is 0 Å². The Bertz CT molecular complexity index is 224. The average Bonchev–Trinajstić information content (AvgIpc) is 2.28. The van der Waals surface area contributed by atoms with Gasteiger partial charge in [-0.05, 0) is 19.3 Å². The monoisotopic (exact) mass is 245 g/mol. The van der Waals surface area contributed by atoms with E-state index in [-0.39, 0.29) is 13.0 Å². The zero-order valence-electron chi connectivity index (χ0n) is 9.89. The molecule has 0 aliphatic heterocycles. The summed E-state index contributed by atoms with van der Waals surface area (Å²) >= 11 is 0. The van der Waals surface area contributed by atoms with Crippen molar-refractivity contribution in [2.45, 2.75) is 44.4 Å². The Balaban J connectivity index is 3.88. The van der Waals surface area contributed by atoms with Gasteiger partial charge in [0.1, 0.15) is 12.3 Å². The highest BCUT2D eigenvalue weighted by atomic mass is 16.4. The van der Waals surface area contributed by atoms with Crippen molar-refractivity contribution in [1.82, 2.24) is 10.6 Å². The fraction of sp³-hybridized carbons (Fsp3) is 0.727. The van der Waals surface area contributed by atoms with Gasteiger partial charge in [-0.15, -0.1) is 0 Å². The van der Waals surface area contributed by atoms with Gasteiger partial charge in [-0.2, -0.15) is 0 Å². The number of hydrogen-bond acceptors (Lipinski definition) is 4. The van der Waals surface area contributed by atoms with Crippen LogP contribution in [0.2, 0.25) is 0 Å². The molecule has 0 rings (SSSR count). The summed E-state index contributed by atoms with van der Waals surface area (Å²) in [5.41, 5.74) is 0. The maximum absolute atomic E-state index is 10.9. The molecule has 2 atom stereocenters. The minimum absolute atomic E-state index is 0.237. The molecule has 0 aliphatic rings. The lowest BCUT2D eigenvalue weighted by Gasteiger charge is -2.19. The van der Waals surface area contributed by atoms with Crippen molar-refractivity contribution in [3.8, 4) is 0 Å². The second kappa shape index (κ2) is 10.0. The topological polar surface area (TPSA) is 98.7 Å². The fourth-order valence-electron chi connectivity index (χ4n) is 1.39. The molecular weight excluding hydrogens is 224 g/mol. The second-order valence-corrected chi connectivity index (χ2v) is 3.78. The lowest BCUT2D eigenvalue weighted by Crippen LogP contribution is -2.44. The van der Waals surface area contributed by atoms with Gasteiger partial charge >= 0.3 is 5.97 Å². The zero-order valence-corrected chi connectivity index (χ0v) is 9.89. The van der Waals surface area contributed by atoms with Gasteiger partial charge in [0.15, 0.2) is 0 Å². The summed E-state index contributed by atoms with van der Waals surface area (Å²) in [6.07, 6.45) is 2.93. The SMILES string of the molecule is [CH2]CCCCC(O)NC(CCNC=O)C(=O)O.